The van der Waals surface area contributed by atoms with Gasteiger partial charge in [-0.3, -0.25) is 14.4 Å². The van der Waals surface area contributed by atoms with Crippen LogP contribution in [0, 0.1) is 46.3 Å². The number of rotatable bonds is 18. The number of benzene rings is 1. The monoisotopic (exact) mass is 820 g/mol. The van der Waals surface area contributed by atoms with E-state index in [1.807, 2.05) is 0 Å². The Morgan fingerprint density at radius 1 is 1.02 bits per heavy atom. The second-order valence-corrected chi connectivity index (χ2v) is 17.9. The van der Waals surface area contributed by atoms with Crippen molar-refractivity contribution in [3.05, 3.63) is 50.7 Å². The van der Waals surface area contributed by atoms with E-state index in [-0.39, 0.29) is 54.7 Å². The van der Waals surface area contributed by atoms with Crippen LogP contribution in [0.15, 0.2) is 38.6 Å². The van der Waals surface area contributed by atoms with Crippen molar-refractivity contribution in [2.75, 3.05) is 33.5 Å². The molecule has 1 heterocycles. The zero-order valence-corrected chi connectivity index (χ0v) is 34.8. The van der Waals surface area contributed by atoms with Gasteiger partial charge in [0.1, 0.15) is 30.1 Å². The molecule has 4 fully saturated rings. The van der Waals surface area contributed by atoms with E-state index in [0.29, 0.717) is 78.1 Å². The number of fused-ring (bicyclic) bond motifs is 6. The van der Waals surface area contributed by atoms with Crippen molar-refractivity contribution in [2.24, 2.45) is 51.5 Å². The molecule has 0 aliphatic heterocycles. The molecule has 15 heteroatoms. The zero-order chi connectivity index (χ0) is 42.3. The number of hydrogen-bond donors (Lipinski definition) is 2. The maximum Gasteiger partial charge on any atom is 0.336 e. The number of carboxylic acids is 1. The molecule has 322 valence electrons. The van der Waals surface area contributed by atoms with Gasteiger partial charge in [0.2, 0.25) is 5.91 Å². The van der Waals surface area contributed by atoms with Crippen LogP contribution in [-0.4, -0.2) is 74.5 Å². The van der Waals surface area contributed by atoms with Gasteiger partial charge in [-0.15, -0.1) is 0 Å². The average Bonchev–Trinajstić information content (AvgIpc) is 3.56. The summed E-state index contributed by atoms with van der Waals surface area (Å²) in [5.41, 5.74) is 8.67. The first kappa shape index (κ1) is 43.9. The molecule has 10 atom stereocenters. The normalized spacial score (nSPS) is 29.4. The maximum atomic E-state index is 13.5. The molecule has 2 unspecified atom stereocenters. The van der Waals surface area contributed by atoms with E-state index in [1.54, 1.807) is 18.2 Å². The minimum atomic E-state index is -1.38. The van der Waals surface area contributed by atoms with Crippen LogP contribution in [-0.2, 0) is 39.8 Å². The molecule has 2 aromatic rings. The Kier molecular flexibility index (Phi) is 14.3. The molecular formula is C44H60N4O11. The average molecular weight is 821 g/mol. The molecule has 1 aromatic heterocycles. The first-order valence-electron chi connectivity index (χ1n) is 21.3. The summed E-state index contributed by atoms with van der Waals surface area (Å²) in [7, 11) is 1.49. The lowest BCUT2D eigenvalue weighted by Gasteiger charge is -2.61. The molecule has 2 N–H and O–H groups in total. The SMILES string of the molecule is COc1ccc2c(CC(=O)N[C@@H](CC(=O)O)C(=O)O[C@@H]3CC[C@@]4(C)[C@H](CC[C@@H]5[C@@H]4CC[C@]4(C)C(C(C)CCC(=O)OCCOCCN=[N+]=[N-])CC[C@@H]54)C3)cc(=O)oc2c1. The number of carboxylic acid groups (broad SMARTS) is 1. The van der Waals surface area contributed by atoms with Gasteiger partial charge in [0.15, 0.2) is 0 Å². The summed E-state index contributed by atoms with van der Waals surface area (Å²) in [6.45, 7) is 8.26. The van der Waals surface area contributed by atoms with Crippen LogP contribution in [0.4, 0.5) is 0 Å². The van der Waals surface area contributed by atoms with Gasteiger partial charge in [0, 0.05) is 35.4 Å². The molecule has 4 aliphatic rings. The van der Waals surface area contributed by atoms with Gasteiger partial charge < -0.3 is 33.8 Å². The first-order valence-corrected chi connectivity index (χ1v) is 21.3. The van der Waals surface area contributed by atoms with Crippen LogP contribution in [0.2, 0.25) is 0 Å². The Hall–Kier alpha value is -4.62. The summed E-state index contributed by atoms with van der Waals surface area (Å²) in [6, 6.07) is 4.74. The predicted octanol–water partition coefficient (Wildman–Crippen LogP) is 7.16. The standard InChI is InChI=1S/C44H60N4O11/c1-26(5-12-40(52)57-20-19-56-18-17-46-48-45)33-10-11-34-32-8-6-28-23-30(13-15-43(28,2)35(32)14-16-44(33,34)3)58-42(54)36(25-39(50)51)47-38(49)21-27-22-41(53)59-37-24-29(55-4)7-9-31(27)37/h7,9,22,24,26,28,30,32-36H,5-6,8,10-21,23,25H2,1-4H3,(H,47,49)(H,50,51)/t26?,28-,30-,32+,33?,34+,35+,36+,43+,44-/m1/s1. The fourth-order valence-electron chi connectivity index (χ4n) is 11.9. The molecule has 0 radical (unpaired) electrons. The van der Waals surface area contributed by atoms with Gasteiger partial charge >= 0.3 is 23.5 Å². The topological polar surface area (TPSA) is 216 Å². The van der Waals surface area contributed by atoms with Gasteiger partial charge in [0.25, 0.3) is 0 Å². The lowest BCUT2D eigenvalue weighted by molar-refractivity contribution is -0.167. The van der Waals surface area contributed by atoms with Crippen LogP contribution < -0.4 is 15.7 Å². The van der Waals surface area contributed by atoms with E-state index in [9.17, 15) is 29.1 Å². The Labute approximate surface area is 344 Å². The lowest BCUT2D eigenvalue weighted by atomic mass is 9.44. The maximum absolute atomic E-state index is 13.5. The minimum absolute atomic E-state index is 0.122. The van der Waals surface area contributed by atoms with Crippen LogP contribution >= 0.6 is 0 Å². The van der Waals surface area contributed by atoms with Gasteiger partial charge in [0.05, 0.1) is 33.2 Å². The fourth-order valence-corrected chi connectivity index (χ4v) is 11.9. The number of carbonyl (C=O) groups is 4. The van der Waals surface area contributed by atoms with Crippen LogP contribution in [0.25, 0.3) is 21.4 Å². The number of esters is 2. The molecule has 4 saturated carbocycles. The predicted molar refractivity (Wildman–Crippen MR) is 216 cm³/mol. The second kappa shape index (κ2) is 19.2. The molecule has 0 bridgehead atoms. The highest BCUT2D eigenvalue weighted by Gasteiger charge is 2.60. The van der Waals surface area contributed by atoms with Gasteiger partial charge in [-0.25, -0.2) is 9.59 Å². The molecule has 0 saturated heterocycles. The molecule has 59 heavy (non-hydrogen) atoms. The summed E-state index contributed by atoms with van der Waals surface area (Å²) in [5.74, 6) is 0.874. The zero-order valence-electron chi connectivity index (χ0n) is 34.8. The van der Waals surface area contributed by atoms with Crippen molar-refractivity contribution in [3.8, 4) is 5.75 Å². The number of amides is 1. The van der Waals surface area contributed by atoms with E-state index in [4.69, 9.17) is 28.9 Å². The van der Waals surface area contributed by atoms with Crippen molar-refractivity contribution < 1.29 is 47.6 Å². The first-order chi connectivity index (χ1) is 28.2. The third kappa shape index (κ3) is 10.1. The number of nitrogens with zero attached hydrogens (tertiary/aromatic N) is 3. The summed E-state index contributed by atoms with van der Waals surface area (Å²) in [5, 5.41) is 16.2. The van der Waals surface area contributed by atoms with Crippen molar-refractivity contribution >= 4 is 34.8 Å². The number of hydrogen-bond acceptors (Lipinski definition) is 11. The van der Waals surface area contributed by atoms with E-state index in [0.717, 1.165) is 25.7 Å². The van der Waals surface area contributed by atoms with Crippen molar-refractivity contribution in [1.29, 1.82) is 0 Å². The summed E-state index contributed by atoms with van der Waals surface area (Å²) >= 11 is 0. The van der Waals surface area contributed by atoms with Gasteiger partial charge in [-0.2, -0.15) is 0 Å². The highest BCUT2D eigenvalue weighted by atomic mass is 16.6. The van der Waals surface area contributed by atoms with Crippen molar-refractivity contribution in [1.82, 2.24) is 5.32 Å². The fraction of sp³-hybridized carbons (Fsp3) is 0.705. The Bertz CT molecular complexity index is 1960. The number of azide groups is 1. The highest BCUT2D eigenvalue weighted by molar-refractivity contribution is 5.91. The number of methoxy groups -OCH3 is 1. The molecule has 1 aromatic carbocycles. The van der Waals surface area contributed by atoms with Crippen molar-refractivity contribution in [2.45, 2.75) is 116 Å². The summed E-state index contributed by atoms with van der Waals surface area (Å²) in [4.78, 5) is 66.1. The largest absolute Gasteiger partial charge is 0.497 e. The second-order valence-electron chi connectivity index (χ2n) is 17.9. The van der Waals surface area contributed by atoms with E-state index in [1.165, 1.54) is 38.9 Å². The van der Waals surface area contributed by atoms with Crippen LogP contribution in [0.5, 0.6) is 5.75 Å². The van der Waals surface area contributed by atoms with E-state index in [2.05, 4.69) is 36.1 Å². The molecular weight excluding hydrogens is 761 g/mol. The molecule has 1 amide bonds. The Morgan fingerprint density at radius 2 is 1.80 bits per heavy atom. The molecule has 4 aliphatic carbocycles. The van der Waals surface area contributed by atoms with Crippen LogP contribution in [0.1, 0.15) is 103 Å². The third-order valence-corrected chi connectivity index (χ3v) is 14.7. The smallest absolute Gasteiger partial charge is 0.336 e. The molecule has 15 nitrogen and oxygen atoms in total. The number of ether oxygens (including phenoxy) is 4. The number of carbonyl (C=O) groups excluding carboxylic acids is 3. The Morgan fingerprint density at radius 3 is 2.56 bits per heavy atom. The third-order valence-electron chi connectivity index (χ3n) is 14.7. The molecule has 0 spiro atoms. The van der Waals surface area contributed by atoms with E-state index >= 15 is 0 Å². The lowest BCUT2D eigenvalue weighted by Crippen LogP contribution is -2.54. The Balaban J connectivity index is 1.01. The van der Waals surface area contributed by atoms with Crippen molar-refractivity contribution in [3.63, 3.8) is 0 Å². The van der Waals surface area contributed by atoms with Gasteiger partial charge in [-0.05, 0) is 134 Å². The van der Waals surface area contributed by atoms with Crippen LogP contribution in [0.3, 0.4) is 0 Å². The summed E-state index contributed by atoms with van der Waals surface area (Å²) in [6.07, 6.45) is 9.18. The van der Waals surface area contributed by atoms with Gasteiger partial charge in [-0.1, -0.05) is 25.9 Å². The highest BCUT2D eigenvalue weighted by Crippen LogP contribution is 2.68. The molecule has 6 rings (SSSR count). The number of nitrogens with one attached hydrogen (secondary N) is 1. The summed E-state index contributed by atoms with van der Waals surface area (Å²) < 4.78 is 27.2. The minimum Gasteiger partial charge on any atom is -0.497 e. The number of aliphatic carboxylic acids is 1. The quantitative estimate of drug-likeness (QED) is 0.0384. The van der Waals surface area contributed by atoms with E-state index < -0.39 is 35.9 Å².